The van der Waals surface area contributed by atoms with E-state index < -0.39 is 17.5 Å². The minimum Gasteiger partial charge on any atom is -0.434 e. The summed E-state index contributed by atoms with van der Waals surface area (Å²) >= 11 is 19.5. The van der Waals surface area contributed by atoms with Gasteiger partial charge >= 0.3 is 0 Å². The van der Waals surface area contributed by atoms with Crippen LogP contribution in [0, 0.1) is 17.5 Å². The molecule has 0 bridgehead atoms. The molecule has 9 aromatic rings. The Morgan fingerprint density at radius 3 is 1.05 bits per heavy atom. The fourth-order valence-corrected chi connectivity index (χ4v) is 13.2. The van der Waals surface area contributed by atoms with Gasteiger partial charge in [0.1, 0.15) is 34.0 Å². The number of likely N-dealkylation sites (N-methyl/N-ethyl adjacent to an activating group) is 2. The van der Waals surface area contributed by atoms with Crippen molar-refractivity contribution < 1.29 is 27.4 Å². The molecule has 3 fully saturated rings. The van der Waals surface area contributed by atoms with Crippen molar-refractivity contribution in [3.63, 3.8) is 0 Å². The maximum atomic E-state index is 15.0. The number of hydrogen-bond acceptors (Lipinski definition) is 18. The molecule has 18 nitrogen and oxygen atoms in total. The Balaban J connectivity index is 0.000000133. The molecule has 510 valence electrons. The minimum atomic E-state index is -0.410. The second kappa shape index (κ2) is 30.7. The van der Waals surface area contributed by atoms with E-state index in [9.17, 15) is 13.2 Å². The number of ether oxygens (including phenoxy) is 3. The van der Waals surface area contributed by atoms with Gasteiger partial charge in [0.2, 0.25) is 17.6 Å². The van der Waals surface area contributed by atoms with Crippen LogP contribution in [-0.2, 0) is 19.3 Å². The van der Waals surface area contributed by atoms with Crippen LogP contribution in [0.25, 0.3) is 18.2 Å². The van der Waals surface area contributed by atoms with E-state index in [1.165, 1.54) is 36.0 Å². The number of nitrogens with one attached hydrogen (secondary N) is 4. The average Bonchev–Trinajstić information content (AvgIpc) is 1.86. The van der Waals surface area contributed by atoms with Crippen LogP contribution in [-0.4, -0.2) is 132 Å². The first-order chi connectivity index (χ1) is 48.1. The first kappa shape index (κ1) is 68.1. The molecule has 6 heterocycles. The molecule has 3 aliphatic carbocycles. The van der Waals surface area contributed by atoms with Gasteiger partial charge in [0.25, 0.3) is 0 Å². The van der Waals surface area contributed by atoms with Crippen LogP contribution in [0.2, 0.25) is 15.1 Å². The topological polar surface area (TPSA) is 169 Å². The highest BCUT2D eigenvalue weighted by Gasteiger charge is 2.26. The summed E-state index contributed by atoms with van der Waals surface area (Å²) in [6.07, 6.45) is 11.8. The van der Waals surface area contributed by atoms with Gasteiger partial charge < -0.3 is 60.0 Å². The van der Waals surface area contributed by atoms with Crippen molar-refractivity contribution in [1.29, 1.82) is 0 Å². The van der Waals surface area contributed by atoms with Gasteiger partial charge in [0.15, 0.2) is 52.2 Å². The normalized spacial score (nSPS) is 15.7. The first-order valence-electron chi connectivity index (χ1n) is 33.1. The zero-order valence-corrected chi connectivity index (χ0v) is 57.8. The molecular weight excluding hydrogens is 1320 g/mol. The van der Waals surface area contributed by atoms with Crippen LogP contribution >= 0.6 is 34.8 Å². The molecule has 0 saturated carbocycles. The molecule has 0 atom stereocenters. The van der Waals surface area contributed by atoms with Crippen LogP contribution < -0.4 is 50.2 Å². The molecule has 6 aromatic carbocycles. The van der Waals surface area contributed by atoms with Crippen LogP contribution in [0.5, 0.6) is 34.9 Å². The lowest BCUT2D eigenvalue weighted by Gasteiger charge is -2.35. The number of fused-ring (bicyclic) bond motifs is 3. The molecule has 0 amide bonds. The third kappa shape index (κ3) is 16.0. The minimum absolute atomic E-state index is 0.0848. The second-order valence-electron chi connectivity index (χ2n) is 25.1. The first-order valence-corrected chi connectivity index (χ1v) is 34.2. The largest absolute Gasteiger partial charge is 0.434 e. The zero-order chi connectivity index (χ0) is 68.7. The van der Waals surface area contributed by atoms with Crippen LogP contribution in [0.15, 0.2) is 145 Å². The highest BCUT2D eigenvalue weighted by atomic mass is 35.5. The number of hydrogen-bond donors (Lipinski definition) is 4. The van der Waals surface area contributed by atoms with Crippen molar-refractivity contribution >= 4 is 105 Å². The SMILES string of the molecule is CC1=Cc2c(ccc(Oc3ncnc(Nc4ccc(N5CCN(C)CC5)cc4)c3Cl)c2F)C1.CC1=Cc2c(ccc(Oc3ncnc(Nc4ccc(N5CCNCC5)cc4)c3Cl)c2F)C1.CCN1CCN(c2ccc(Nc3ncnc(Oc4ccc5c(c4F)C=C(C)C5)c3Cl)cc2)CC1. The Bertz CT molecular complexity index is 4510. The Morgan fingerprint density at radius 1 is 0.414 bits per heavy atom. The summed E-state index contributed by atoms with van der Waals surface area (Å²) in [5, 5.41) is 13.5. The van der Waals surface area contributed by atoms with E-state index in [1.807, 2.05) is 93.6 Å². The molecule has 3 saturated heterocycles. The molecule has 0 radical (unpaired) electrons. The summed E-state index contributed by atoms with van der Waals surface area (Å²) in [6.45, 7) is 21.5. The summed E-state index contributed by atoms with van der Waals surface area (Å²) in [6, 6.07) is 34.8. The van der Waals surface area contributed by atoms with Crippen molar-refractivity contribution in [2.45, 2.75) is 47.0 Å². The predicted octanol–water partition coefficient (Wildman–Crippen LogP) is 16.6. The number of benzene rings is 6. The lowest BCUT2D eigenvalue weighted by atomic mass is 10.1. The highest BCUT2D eigenvalue weighted by Crippen LogP contribution is 2.42. The standard InChI is InChI=1S/C26H27ClFN5O.C25H25ClFN5O.C24H23ClFN5O/c1-3-32-10-12-33(13-11-32)20-7-5-19(6-8-20)31-25-23(27)26(30-16-29-25)34-22-9-4-18-14-17(2)15-21(18)24(22)28;1-16-13-17-3-8-21(23(27)20(17)14-16)33-25-22(26)24(28-15-29-25)30-18-4-6-19(7-5-18)32-11-9-31(2)10-12-32;1-15-12-16-2-7-20(22(26)19(16)13-15)32-24-21(25)23(28-14-29-24)30-17-3-5-18(6-4-17)31-10-8-27-9-11-31/h4-9,15-16H,3,10-14H2,1-2H3,(H,29,30,31);3-8,14-15H,9-13H2,1-2H3,(H,28,29,30);2-7,13-14,27H,8-12H2,1H3,(H,28,29,30). The van der Waals surface area contributed by atoms with Crippen molar-refractivity contribution in [3.8, 4) is 34.9 Å². The Morgan fingerprint density at radius 2 is 0.727 bits per heavy atom. The molecule has 15 rings (SSSR count). The number of halogens is 6. The van der Waals surface area contributed by atoms with E-state index in [-0.39, 0.29) is 50.0 Å². The van der Waals surface area contributed by atoms with Crippen molar-refractivity contribution in [1.82, 2.24) is 45.0 Å². The molecular formula is C75H75Cl3F3N15O3. The van der Waals surface area contributed by atoms with Crippen molar-refractivity contribution in [2.75, 3.05) is 123 Å². The Labute approximate surface area is 589 Å². The monoisotopic (exact) mass is 1400 g/mol. The lowest BCUT2D eigenvalue weighted by Crippen LogP contribution is -2.46. The predicted molar refractivity (Wildman–Crippen MR) is 391 cm³/mol. The molecule has 4 N–H and O–H groups in total. The molecule has 24 heteroatoms. The average molecular weight is 1400 g/mol. The number of allylic oxidation sites excluding steroid dienone is 3. The van der Waals surface area contributed by atoms with Gasteiger partial charge in [-0.2, -0.15) is 15.0 Å². The molecule has 0 unspecified atom stereocenters. The fourth-order valence-electron chi connectivity index (χ4n) is 12.6. The van der Waals surface area contributed by atoms with Gasteiger partial charge in [0.05, 0.1) is 0 Å². The number of aromatic nitrogens is 6. The Hall–Kier alpha value is -9.48. The summed E-state index contributed by atoms with van der Waals surface area (Å²) < 4.78 is 62.1. The maximum Gasteiger partial charge on any atom is 0.243 e. The molecule has 99 heavy (non-hydrogen) atoms. The van der Waals surface area contributed by atoms with Gasteiger partial charge in [0, 0.05) is 129 Å². The third-order valence-corrected chi connectivity index (χ3v) is 19.1. The van der Waals surface area contributed by atoms with E-state index >= 15 is 0 Å². The fraction of sp³-hybridized carbons (Fsp3) is 0.280. The molecule has 3 aromatic heterocycles. The van der Waals surface area contributed by atoms with Crippen LogP contribution in [0.4, 0.5) is 64.7 Å². The number of nitrogens with zero attached hydrogens (tertiary/aromatic N) is 11. The quantitative estimate of drug-likeness (QED) is 0.0720. The summed E-state index contributed by atoms with van der Waals surface area (Å²) in [4.78, 5) is 36.9. The maximum absolute atomic E-state index is 15.0. The Kier molecular flexibility index (Phi) is 21.1. The third-order valence-electron chi connectivity index (χ3n) is 18.1. The van der Waals surface area contributed by atoms with E-state index in [1.54, 1.807) is 18.2 Å². The summed E-state index contributed by atoms with van der Waals surface area (Å²) in [7, 11) is 2.14. The van der Waals surface area contributed by atoms with Gasteiger partial charge in [-0.25, -0.2) is 28.1 Å². The van der Waals surface area contributed by atoms with E-state index in [2.05, 4.69) is 126 Å². The highest BCUT2D eigenvalue weighted by molar-refractivity contribution is 6.35. The van der Waals surface area contributed by atoms with Crippen molar-refractivity contribution in [3.05, 3.63) is 211 Å². The zero-order valence-electron chi connectivity index (χ0n) is 55.6. The second-order valence-corrected chi connectivity index (χ2v) is 26.3. The van der Waals surface area contributed by atoms with Gasteiger partial charge in [-0.3, -0.25) is 0 Å². The summed E-state index contributed by atoms with van der Waals surface area (Å²) in [5.41, 5.74) is 14.0. The van der Waals surface area contributed by atoms with E-state index in [0.717, 1.165) is 155 Å². The smallest absolute Gasteiger partial charge is 0.243 e. The van der Waals surface area contributed by atoms with E-state index in [4.69, 9.17) is 49.0 Å². The van der Waals surface area contributed by atoms with Crippen LogP contribution in [0.1, 0.15) is 61.1 Å². The van der Waals surface area contributed by atoms with Crippen LogP contribution in [0.3, 0.4) is 0 Å². The van der Waals surface area contributed by atoms with Gasteiger partial charge in [-0.05, 0) is 161 Å². The van der Waals surface area contributed by atoms with Gasteiger partial charge in [-0.15, -0.1) is 0 Å². The number of rotatable bonds is 16. The van der Waals surface area contributed by atoms with Crippen molar-refractivity contribution in [2.24, 2.45) is 0 Å². The molecule has 6 aliphatic rings. The number of anilines is 9. The van der Waals surface area contributed by atoms with Gasteiger partial charge in [-0.1, -0.05) is 94.9 Å². The lowest BCUT2D eigenvalue weighted by molar-refractivity contribution is 0.271. The number of piperazine rings is 3. The summed E-state index contributed by atoms with van der Waals surface area (Å²) in [5.74, 6) is 0.507. The van der Waals surface area contributed by atoms with E-state index in [0.29, 0.717) is 34.1 Å². The molecule has 0 spiro atoms. The molecule has 3 aliphatic heterocycles.